The van der Waals surface area contributed by atoms with E-state index in [1.807, 2.05) is 0 Å². The Morgan fingerprint density at radius 2 is 1.96 bits per heavy atom. The van der Waals surface area contributed by atoms with Gasteiger partial charge in [0.05, 0.1) is 35.6 Å². The molecule has 10 heteroatoms. The van der Waals surface area contributed by atoms with E-state index in [4.69, 9.17) is 21.1 Å². The zero-order chi connectivity index (χ0) is 20.9. The summed E-state index contributed by atoms with van der Waals surface area (Å²) in [4.78, 5) is 25.9. The summed E-state index contributed by atoms with van der Waals surface area (Å²) < 4.78 is 37.5. The van der Waals surface area contributed by atoms with Gasteiger partial charge in [-0.1, -0.05) is 11.6 Å². The van der Waals surface area contributed by atoms with Gasteiger partial charge in [0.1, 0.15) is 5.75 Å². The molecule has 1 aliphatic heterocycles. The molecule has 1 aromatic rings. The zero-order valence-electron chi connectivity index (χ0n) is 16.1. The van der Waals surface area contributed by atoms with E-state index in [-0.39, 0.29) is 27.7 Å². The van der Waals surface area contributed by atoms with Crippen LogP contribution in [0.2, 0.25) is 5.02 Å². The molecule has 1 fully saturated rings. The standard InChI is InChI=1S/C18H25ClN2O6S/c1-4-27-18(23)13-7-9-21(10-8-13)17(22)12(2)20-28(24,25)14-5-6-16(26-3)15(19)11-14/h5-6,11-13,20H,4,7-10H2,1-3H3/t12-/m0/s1. The first kappa shape index (κ1) is 22.4. The molecule has 8 nitrogen and oxygen atoms in total. The van der Waals surface area contributed by atoms with Gasteiger partial charge in [0.25, 0.3) is 0 Å². The van der Waals surface area contributed by atoms with E-state index < -0.39 is 16.1 Å². The first-order chi connectivity index (χ1) is 13.2. The topological polar surface area (TPSA) is 102 Å². The highest BCUT2D eigenvalue weighted by atomic mass is 35.5. The van der Waals surface area contributed by atoms with Gasteiger partial charge in [-0.25, -0.2) is 8.42 Å². The molecular formula is C18H25ClN2O6S. The number of likely N-dealkylation sites (tertiary alicyclic amines) is 1. The van der Waals surface area contributed by atoms with Gasteiger partial charge in [-0.15, -0.1) is 0 Å². The minimum Gasteiger partial charge on any atom is -0.495 e. The maximum atomic E-state index is 12.6. The number of nitrogens with one attached hydrogen (secondary N) is 1. The molecular weight excluding hydrogens is 408 g/mol. The van der Waals surface area contributed by atoms with Crippen LogP contribution in [0.25, 0.3) is 0 Å². The first-order valence-electron chi connectivity index (χ1n) is 9.01. The third kappa shape index (κ3) is 5.36. The van der Waals surface area contributed by atoms with E-state index in [9.17, 15) is 18.0 Å². The highest BCUT2D eigenvalue weighted by molar-refractivity contribution is 7.89. The van der Waals surface area contributed by atoms with Crippen LogP contribution in [0.4, 0.5) is 0 Å². The van der Waals surface area contributed by atoms with Crippen LogP contribution in [0, 0.1) is 5.92 Å². The SMILES string of the molecule is CCOC(=O)C1CCN(C(=O)[C@H](C)NS(=O)(=O)c2ccc(OC)c(Cl)c2)CC1. The van der Waals surface area contributed by atoms with Gasteiger partial charge in [0, 0.05) is 13.1 Å². The number of carbonyl (C=O) groups excluding carboxylic acids is 2. The minimum atomic E-state index is -3.93. The summed E-state index contributed by atoms with van der Waals surface area (Å²) in [5.41, 5.74) is 0. The lowest BCUT2D eigenvalue weighted by Crippen LogP contribution is -2.49. The van der Waals surface area contributed by atoms with Crippen LogP contribution in [0.5, 0.6) is 5.75 Å². The van der Waals surface area contributed by atoms with E-state index in [1.54, 1.807) is 11.8 Å². The molecule has 1 amide bonds. The Labute approximate surface area is 170 Å². The zero-order valence-corrected chi connectivity index (χ0v) is 17.7. The van der Waals surface area contributed by atoms with Gasteiger partial charge >= 0.3 is 5.97 Å². The van der Waals surface area contributed by atoms with Crippen molar-refractivity contribution < 1.29 is 27.5 Å². The summed E-state index contributed by atoms with van der Waals surface area (Å²) in [6.07, 6.45) is 0.996. The Morgan fingerprint density at radius 3 is 2.50 bits per heavy atom. The second kappa shape index (κ2) is 9.58. The van der Waals surface area contributed by atoms with Crippen LogP contribution in [0.15, 0.2) is 23.1 Å². The molecule has 0 bridgehead atoms. The first-order valence-corrected chi connectivity index (χ1v) is 10.9. The van der Waals surface area contributed by atoms with Crippen molar-refractivity contribution >= 4 is 33.5 Å². The molecule has 0 saturated carbocycles. The van der Waals surface area contributed by atoms with Crippen LogP contribution < -0.4 is 9.46 Å². The number of hydrogen-bond donors (Lipinski definition) is 1. The van der Waals surface area contributed by atoms with E-state index in [1.165, 1.54) is 32.2 Å². The van der Waals surface area contributed by atoms with Crippen LogP contribution in [-0.4, -0.2) is 58.0 Å². The fourth-order valence-corrected chi connectivity index (χ4v) is 4.58. The van der Waals surface area contributed by atoms with E-state index in [0.717, 1.165) is 0 Å². The number of benzene rings is 1. The average molecular weight is 433 g/mol. The Kier molecular flexibility index (Phi) is 7.68. The fourth-order valence-electron chi connectivity index (χ4n) is 3.03. The Bertz CT molecular complexity index is 821. The van der Waals surface area contributed by atoms with Crippen LogP contribution in [0.1, 0.15) is 26.7 Å². The van der Waals surface area contributed by atoms with Crippen molar-refractivity contribution in [2.24, 2.45) is 5.92 Å². The summed E-state index contributed by atoms with van der Waals surface area (Å²) >= 11 is 5.99. The molecule has 1 N–H and O–H groups in total. The molecule has 2 rings (SSSR count). The van der Waals surface area contributed by atoms with Gasteiger partial charge in [-0.05, 0) is 44.9 Å². The minimum absolute atomic E-state index is 0.0565. The predicted octanol–water partition coefficient (Wildman–Crippen LogP) is 1.82. The summed E-state index contributed by atoms with van der Waals surface area (Å²) in [6, 6.07) is 3.12. The third-order valence-electron chi connectivity index (χ3n) is 4.56. The van der Waals surface area contributed by atoms with E-state index in [2.05, 4.69) is 4.72 Å². The number of rotatable bonds is 7. The normalized spacial score (nSPS) is 16.5. The smallest absolute Gasteiger partial charge is 0.309 e. The number of methoxy groups -OCH3 is 1. The fraction of sp³-hybridized carbons (Fsp3) is 0.556. The number of carbonyl (C=O) groups is 2. The Morgan fingerprint density at radius 1 is 1.32 bits per heavy atom. The Hall–Kier alpha value is -1.84. The lowest BCUT2D eigenvalue weighted by Gasteiger charge is -2.32. The van der Waals surface area contributed by atoms with Crippen molar-refractivity contribution in [3.63, 3.8) is 0 Å². The molecule has 28 heavy (non-hydrogen) atoms. The second-order valence-electron chi connectivity index (χ2n) is 6.49. The number of piperidine rings is 1. The van der Waals surface area contributed by atoms with Crippen molar-refractivity contribution in [3.05, 3.63) is 23.2 Å². The number of nitrogens with zero attached hydrogens (tertiary/aromatic N) is 1. The quantitative estimate of drug-likeness (QED) is 0.659. The number of amides is 1. The van der Waals surface area contributed by atoms with Crippen LogP contribution in [0.3, 0.4) is 0 Å². The number of ether oxygens (including phenoxy) is 2. The molecule has 1 aromatic carbocycles. The second-order valence-corrected chi connectivity index (χ2v) is 8.61. The van der Waals surface area contributed by atoms with Gasteiger partial charge in [0.2, 0.25) is 15.9 Å². The summed E-state index contributed by atoms with van der Waals surface area (Å²) in [6.45, 7) is 4.32. The van der Waals surface area contributed by atoms with Crippen molar-refractivity contribution in [1.82, 2.24) is 9.62 Å². The highest BCUT2D eigenvalue weighted by Gasteiger charge is 2.31. The van der Waals surface area contributed by atoms with Gasteiger partial charge in [-0.2, -0.15) is 4.72 Å². The molecule has 1 heterocycles. The Balaban J connectivity index is 1.98. The number of halogens is 1. The maximum Gasteiger partial charge on any atom is 0.309 e. The average Bonchev–Trinajstić information content (AvgIpc) is 2.67. The summed E-state index contributed by atoms with van der Waals surface area (Å²) in [5.74, 6) is -0.461. The van der Waals surface area contributed by atoms with E-state index in [0.29, 0.717) is 38.3 Å². The van der Waals surface area contributed by atoms with Gasteiger partial charge < -0.3 is 14.4 Å². The van der Waals surface area contributed by atoms with Crippen molar-refractivity contribution in [2.45, 2.75) is 37.6 Å². The highest BCUT2D eigenvalue weighted by Crippen LogP contribution is 2.27. The molecule has 156 valence electrons. The van der Waals surface area contributed by atoms with Gasteiger partial charge in [-0.3, -0.25) is 9.59 Å². The molecule has 0 unspecified atom stereocenters. The molecule has 0 aliphatic carbocycles. The molecule has 0 aromatic heterocycles. The molecule has 0 radical (unpaired) electrons. The number of sulfonamides is 1. The van der Waals surface area contributed by atoms with Crippen LogP contribution in [-0.2, 0) is 24.3 Å². The predicted molar refractivity (Wildman–Crippen MR) is 104 cm³/mol. The van der Waals surface area contributed by atoms with Crippen molar-refractivity contribution in [3.8, 4) is 5.75 Å². The summed E-state index contributed by atoms with van der Waals surface area (Å²) in [5, 5.41) is 0.158. The monoisotopic (exact) mass is 432 g/mol. The maximum absolute atomic E-state index is 12.6. The molecule has 1 atom stereocenters. The third-order valence-corrected chi connectivity index (χ3v) is 6.40. The molecule has 0 spiro atoms. The van der Waals surface area contributed by atoms with E-state index >= 15 is 0 Å². The van der Waals surface area contributed by atoms with Crippen molar-refractivity contribution in [1.29, 1.82) is 0 Å². The van der Waals surface area contributed by atoms with Gasteiger partial charge in [0.15, 0.2) is 0 Å². The lowest BCUT2D eigenvalue weighted by molar-refractivity contribution is -0.151. The molecule has 1 aliphatic rings. The number of esters is 1. The van der Waals surface area contributed by atoms with Crippen molar-refractivity contribution in [2.75, 3.05) is 26.8 Å². The largest absolute Gasteiger partial charge is 0.495 e. The number of hydrogen-bond acceptors (Lipinski definition) is 6. The molecule has 1 saturated heterocycles. The lowest BCUT2D eigenvalue weighted by atomic mass is 9.96. The summed E-state index contributed by atoms with van der Waals surface area (Å²) in [7, 11) is -2.50. The van der Waals surface area contributed by atoms with Crippen LogP contribution >= 0.6 is 11.6 Å².